The average Bonchev–Trinajstić information content (AvgIpc) is 2.57. The summed E-state index contributed by atoms with van der Waals surface area (Å²) in [5.41, 5.74) is 0. The summed E-state index contributed by atoms with van der Waals surface area (Å²) >= 11 is 4.96. The van der Waals surface area contributed by atoms with Gasteiger partial charge in [-0.2, -0.15) is 5.10 Å². The third-order valence-electron chi connectivity index (χ3n) is 1.92. The maximum atomic E-state index is 11.2. The van der Waals surface area contributed by atoms with Gasteiger partial charge in [-0.1, -0.05) is 0 Å². The van der Waals surface area contributed by atoms with Crippen molar-refractivity contribution in [3.05, 3.63) is 10.6 Å². The van der Waals surface area contributed by atoms with Crippen LogP contribution in [0.4, 0.5) is 0 Å². The highest BCUT2D eigenvalue weighted by Gasteiger charge is 2.06. The molecule has 0 saturated carbocycles. The Kier molecular flexibility index (Phi) is 4.44. The van der Waals surface area contributed by atoms with E-state index in [1.165, 1.54) is 0 Å². The van der Waals surface area contributed by atoms with Gasteiger partial charge in [-0.15, -0.1) is 0 Å². The van der Waals surface area contributed by atoms with Gasteiger partial charge in [0, 0.05) is 19.5 Å². The fourth-order valence-electron chi connectivity index (χ4n) is 1.20. The van der Waals surface area contributed by atoms with Crippen LogP contribution in [-0.4, -0.2) is 32.3 Å². The molecular weight excluding hydrogens is 216 g/mol. The highest BCUT2D eigenvalue weighted by atomic mass is 32.1. The summed E-state index contributed by atoms with van der Waals surface area (Å²) in [5, 5.41) is 18.0. The van der Waals surface area contributed by atoms with Crippen LogP contribution < -0.4 is 5.32 Å². The first kappa shape index (κ1) is 11.9. The molecule has 0 radical (unpaired) electrons. The second-order valence-electron chi connectivity index (χ2n) is 2.96. The second-order valence-corrected chi connectivity index (χ2v) is 3.34. The number of carbonyl (C=O) groups excluding carboxylic acids is 1. The van der Waals surface area contributed by atoms with Crippen LogP contribution in [0.25, 0.3) is 0 Å². The lowest BCUT2D eigenvalue weighted by Crippen LogP contribution is -2.24. The van der Waals surface area contributed by atoms with Gasteiger partial charge in [-0.05, 0) is 19.1 Å². The van der Waals surface area contributed by atoms with E-state index < -0.39 is 0 Å². The summed E-state index contributed by atoms with van der Waals surface area (Å²) in [4.78, 5) is 11.2. The number of amides is 1. The summed E-state index contributed by atoms with van der Waals surface area (Å²) in [6, 6.07) is 0. The smallest absolute Gasteiger partial charge is 0.221 e. The molecule has 1 aromatic rings. The van der Waals surface area contributed by atoms with E-state index in [4.69, 9.17) is 17.3 Å². The van der Waals surface area contributed by atoms with Crippen molar-refractivity contribution in [2.24, 2.45) is 0 Å². The summed E-state index contributed by atoms with van der Waals surface area (Å²) in [6.45, 7) is 2.71. The Morgan fingerprint density at radius 3 is 3.07 bits per heavy atom. The number of aliphatic hydroxyl groups is 1. The molecule has 1 amide bonds. The topological polar surface area (TPSA) is 82.9 Å². The monoisotopic (exact) mass is 230 g/mol. The first-order valence-corrected chi connectivity index (χ1v) is 5.11. The number of aromatic nitrogens is 3. The Labute approximate surface area is 92.3 Å². The van der Waals surface area contributed by atoms with Crippen LogP contribution >= 0.6 is 12.2 Å². The molecule has 6 nitrogen and oxygen atoms in total. The van der Waals surface area contributed by atoms with Gasteiger partial charge in [0.2, 0.25) is 5.91 Å². The minimum Gasteiger partial charge on any atom is -0.388 e. The number of H-pyrrole nitrogens is 1. The van der Waals surface area contributed by atoms with Gasteiger partial charge in [0.15, 0.2) is 10.6 Å². The highest BCUT2D eigenvalue weighted by molar-refractivity contribution is 7.71. The van der Waals surface area contributed by atoms with Gasteiger partial charge in [-0.25, -0.2) is 0 Å². The molecule has 0 saturated heterocycles. The van der Waals surface area contributed by atoms with Gasteiger partial charge in [0.25, 0.3) is 0 Å². The van der Waals surface area contributed by atoms with E-state index in [2.05, 4.69) is 15.5 Å². The predicted molar refractivity (Wildman–Crippen MR) is 56.6 cm³/mol. The second kappa shape index (κ2) is 5.62. The average molecular weight is 230 g/mol. The van der Waals surface area contributed by atoms with E-state index >= 15 is 0 Å². The van der Waals surface area contributed by atoms with Crippen LogP contribution in [0.15, 0.2) is 0 Å². The number of carbonyl (C=O) groups is 1. The minimum atomic E-state index is -0.192. The molecule has 1 rings (SSSR count). The van der Waals surface area contributed by atoms with Crippen LogP contribution in [0.3, 0.4) is 0 Å². The van der Waals surface area contributed by atoms with Crippen molar-refractivity contribution in [3.63, 3.8) is 0 Å². The molecule has 15 heavy (non-hydrogen) atoms. The molecule has 0 spiro atoms. The first-order chi connectivity index (χ1) is 7.19. The number of nitrogens with one attached hydrogen (secondary N) is 2. The van der Waals surface area contributed by atoms with Crippen molar-refractivity contribution in [2.45, 2.75) is 26.5 Å². The van der Waals surface area contributed by atoms with Gasteiger partial charge >= 0.3 is 0 Å². The number of hydrogen-bond acceptors (Lipinski definition) is 4. The zero-order valence-corrected chi connectivity index (χ0v) is 9.30. The summed E-state index contributed by atoms with van der Waals surface area (Å²) in [7, 11) is 0. The largest absolute Gasteiger partial charge is 0.388 e. The lowest BCUT2D eigenvalue weighted by molar-refractivity contribution is -0.121. The van der Waals surface area contributed by atoms with Crippen molar-refractivity contribution in [1.29, 1.82) is 0 Å². The molecule has 0 fully saturated rings. The predicted octanol–water partition coefficient (Wildman–Crippen LogP) is -0.0408. The van der Waals surface area contributed by atoms with Gasteiger partial charge in [0.1, 0.15) is 6.61 Å². The fourth-order valence-corrected chi connectivity index (χ4v) is 1.44. The summed E-state index contributed by atoms with van der Waals surface area (Å²) in [5.74, 6) is 0.411. The molecule has 0 unspecified atom stereocenters. The lowest BCUT2D eigenvalue weighted by atomic mass is 10.4. The summed E-state index contributed by atoms with van der Waals surface area (Å²) < 4.78 is 2.04. The van der Waals surface area contributed by atoms with E-state index in [0.29, 0.717) is 30.1 Å². The molecule has 7 heteroatoms. The third-order valence-corrected chi connectivity index (χ3v) is 2.23. The molecule has 3 N–H and O–H groups in total. The molecule has 0 atom stereocenters. The SMILES string of the molecule is CCNC(=O)CCn1c(CO)n[nH]c1=S. The Bertz CT molecular complexity index is 384. The van der Waals surface area contributed by atoms with Gasteiger partial charge in [0.05, 0.1) is 0 Å². The van der Waals surface area contributed by atoms with Crippen molar-refractivity contribution < 1.29 is 9.90 Å². The number of rotatable bonds is 5. The maximum Gasteiger partial charge on any atom is 0.221 e. The molecule has 0 aliphatic heterocycles. The van der Waals surface area contributed by atoms with Crippen LogP contribution in [0, 0.1) is 4.77 Å². The quantitative estimate of drug-likeness (QED) is 0.620. The van der Waals surface area contributed by atoms with E-state index in [-0.39, 0.29) is 12.5 Å². The number of hydrogen-bond donors (Lipinski definition) is 3. The molecular formula is C8H14N4O2S. The van der Waals surface area contributed by atoms with Crippen LogP contribution in [0.5, 0.6) is 0 Å². The molecule has 84 valence electrons. The summed E-state index contributed by atoms with van der Waals surface area (Å²) in [6.07, 6.45) is 0.328. The number of nitrogens with zero attached hydrogens (tertiary/aromatic N) is 2. The number of aromatic amines is 1. The lowest BCUT2D eigenvalue weighted by Gasteiger charge is -2.04. The Balaban J connectivity index is 2.60. The van der Waals surface area contributed by atoms with Crippen molar-refractivity contribution in [1.82, 2.24) is 20.1 Å². The standard InChI is InChI=1S/C8H14N4O2S/c1-2-9-7(14)3-4-12-6(5-13)10-11-8(12)15/h13H,2-5H2,1H3,(H,9,14)(H,11,15). The normalized spacial score (nSPS) is 10.3. The Hall–Kier alpha value is -1.21. The van der Waals surface area contributed by atoms with E-state index in [1.54, 1.807) is 4.57 Å². The molecule has 0 aliphatic rings. The van der Waals surface area contributed by atoms with Crippen molar-refractivity contribution in [2.75, 3.05) is 6.54 Å². The Morgan fingerprint density at radius 1 is 1.73 bits per heavy atom. The third kappa shape index (κ3) is 3.14. The zero-order valence-electron chi connectivity index (χ0n) is 8.49. The van der Waals surface area contributed by atoms with Gasteiger partial charge < -0.3 is 15.0 Å². The molecule has 1 heterocycles. The van der Waals surface area contributed by atoms with E-state index in [9.17, 15) is 4.79 Å². The highest BCUT2D eigenvalue weighted by Crippen LogP contribution is 1.99. The van der Waals surface area contributed by atoms with Crippen LogP contribution in [0.1, 0.15) is 19.2 Å². The molecule has 0 bridgehead atoms. The fraction of sp³-hybridized carbons (Fsp3) is 0.625. The van der Waals surface area contributed by atoms with E-state index in [0.717, 1.165) is 0 Å². The Morgan fingerprint density at radius 2 is 2.47 bits per heavy atom. The molecule has 0 aromatic carbocycles. The van der Waals surface area contributed by atoms with Crippen molar-refractivity contribution in [3.8, 4) is 0 Å². The van der Waals surface area contributed by atoms with Gasteiger partial charge in [-0.3, -0.25) is 9.89 Å². The molecule has 1 aromatic heterocycles. The molecule has 0 aliphatic carbocycles. The van der Waals surface area contributed by atoms with Crippen LogP contribution in [-0.2, 0) is 17.9 Å². The first-order valence-electron chi connectivity index (χ1n) is 4.70. The maximum absolute atomic E-state index is 11.2. The van der Waals surface area contributed by atoms with Crippen LogP contribution in [0.2, 0.25) is 0 Å². The van der Waals surface area contributed by atoms with E-state index in [1.807, 2.05) is 6.92 Å². The zero-order chi connectivity index (χ0) is 11.3. The number of aliphatic hydroxyl groups excluding tert-OH is 1. The minimum absolute atomic E-state index is 0.0375. The van der Waals surface area contributed by atoms with Crippen molar-refractivity contribution >= 4 is 18.1 Å².